The summed E-state index contributed by atoms with van der Waals surface area (Å²) in [6, 6.07) is 0. The average Bonchev–Trinajstić information content (AvgIpc) is 1.59. The van der Waals surface area contributed by atoms with Crippen LogP contribution in [0.25, 0.3) is 0 Å². The molecule has 0 radical (unpaired) electrons. The molecule has 74 valence electrons. The minimum atomic E-state index is -2.45. The first kappa shape index (κ1) is 22.4. The van der Waals surface area contributed by atoms with Gasteiger partial charge in [-0.15, -0.1) is 0 Å². The topological polar surface area (TPSA) is 166 Å². The molecule has 0 aliphatic carbocycles. The summed E-state index contributed by atoms with van der Waals surface area (Å²) in [5.74, 6) is -2.45. The Morgan fingerprint density at radius 3 is 1.45 bits per heavy atom. The Labute approximate surface area is 67.0 Å². The molecular formula is C5H21N3O3. The van der Waals surface area contributed by atoms with Crippen LogP contribution >= 0.6 is 0 Å². The van der Waals surface area contributed by atoms with E-state index in [1.807, 2.05) is 6.92 Å². The first-order valence-electron chi connectivity index (χ1n) is 2.73. The van der Waals surface area contributed by atoms with Crippen LogP contribution in [-0.4, -0.2) is 21.3 Å². The Morgan fingerprint density at radius 1 is 1.00 bits per heavy atom. The van der Waals surface area contributed by atoms with Crippen molar-refractivity contribution in [3.05, 3.63) is 0 Å². The molecule has 0 rings (SSSR count). The van der Waals surface area contributed by atoms with Crippen LogP contribution in [-0.2, 0) is 0 Å². The predicted octanol–water partition coefficient (Wildman–Crippen LogP) is 0.293. The zero-order valence-corrected chi connectivity index (χ0v) is 7.08. The highest BCUT2D eigenvalue weighted by Gasteiger charge is 2.15. The molecule has 0 fully saturated rings. The van der Waals surface area contributed by atoms with Gasteiger partial charge in [0, 0.05) is 6.42 Å². The van der Waals surface area contributed by atoms with Gasteiger partial charge in [0.15, 0.2) is 0 Å². The minimum absolute atomic E-state index is 0. The fourth-order valence-electron chi connectivity index (χ4n) is 0.414. The van der Waals surface area contributed by atoms with Gasteiger partial charge in [0.2, 0.25) is 0 Å². The molecule has 0 unspecified atom stereocenters. The average molecular weight is 171 g/mol. The van der Waals surface area contributed by atoms with E-state index < -0.39 is 5.97 Å². The second kappa shape index (κ2) is 9.76. The second-order valence-corrected chi connectivity index (χ2v) is 1.88. The maximum absolute atomic E-state index is 8.26. The molecule has 6 nitrogen and oxygen atoms in total. The van der Waals surface area contributed by atoms with Gasteiger partial charge in [0.1, 0.15) is 0 Å². The van der Waals surface area contributed by atoms with E-state index in [1.54, 1.807) is 0 Å². The highest BCUT2D eigenvalue weighted by Crippen LogP contribution is 2.05. The van der Waals surface area contributed by atoms with Crippen LogP contribution in [0.15, 0.2) is 0 Å². The number of rotatable bonds is 3. The third-order valence-electron chi connectivity index (χ3n) is 0.866. The molecule has 0 amide bonds. The van der Waals surface area contributed by atoms with Crippen molar-refractivity contribution < 1.29 is 15.3 Å². The van der Waals surface area contributed by atoms with E-state index in [9.17, 15) is 0 Å². The smallest absolute Gasteiger partial charge is 0.275 e. The highest BCUT2D eigenvalue weighted by molar-refractivity contribution is 4.45. The first-order chi connectivity index (χ1) is 3.56. The molecule has 0 heterocycles. The Morgan fingerprint density at radius 2 is 1.36 bits per heavy atom. The maximum Gasteiger partial charge on any atom is 0.275 e. The Hall–Kier alpha value is -0.240. The quantitative estimate of drug-likeness (QED) is 0.334. The third kappa shape index (κ3) is 25.9. The summed E-state index contributed by atoms with van der Waals surface area (Å²) in [5, 5.41) is 24.8. The molecule has 0 aliphatic rings. The minimum Gasteiger partial charge on any atom is -0.344 e. The van der Waals surface area contributed by atoms with E-state index in [4.69, 9.17) is 15.3 Å². The lowest BCUT2D eigenvalue weighted by atomic mass is 10.2. The molecule has 11 heavy (non-hydrogen) atoms. The van der Waals surface area contributed by atoms with Crippen LogP contribution < -0.4 is 18.5 Å². The molecule has 0 atom stereocenters. The monoisotopic (exact) mass is 171 g/mol. The summed E-state index contributed by atoms with van der Waals surface area (Å²) in [6.07, 6.45) is 1.51. The standard InChI is InChI=1S/C5H12O3.3H3N/c1-2-3-4-5(6,7)8;;;/h6-8H,2-4H2,1H3;3*1H3. The molecule has 0 saturated heterocycles. The second-order valence-electron chi connectivity index (χ2n) is 1.88. The molecule has 0 bridgehead atoms. The van der Waals surface area contributed by atoms with Gasteiger partial charge < -0.3 is 33.8 Å². The lowest BCUT2D eigenvalue weighted by Gasteiger charge is -2.11. The van der Waals surface area contributed by atoms with Crippen LogP contribution in [0.1, 0.15) is 26.2 Å². The van der Waals surface area contributed by atoms with Crippen molar-refractivity contribution in [2.75, 3.05) is 0 Å². The number of hydrogen-bond donors (Lipinski definition) is 6. The summed E-state index contributed by atoms with van der Waals surface area (Å²) in [6.45, 7) is 1.91. The van der Waals surface area contributed by atoms with E-state index in [2.05, 4.69) is 0 Å². The summed E-state index contributed by atoms with van der Waals surface area (Å²) in [5.41, 5.74) is 0. The molecule has 0 aromatic carbocycles. The van der Waals surface area contributed by atoms with Crippen molar-refractivity contribution in [1.29, 1.82) is 0 Å². The van der Waals surface area contributed by atoms with Crippen LogP contribution in [0, 0.1) is 0 Å². The van der Waals surface area contributed by atoms with Crippen LogP contribution in [0.4, 0.5) is 0 Å². The summed E-state index contributed by atoms with van der Waals surface area (Å²) >= 11 is 0. The zero-order chi connectivity index (χ0) is 6.62. The largest absolute Gasteiger partial charge is 0.344 e. The van der Waals surface area contributed by atoms with Gasteiger partial charge in [0.25, 0.3) is 5.97 Å². The number of unbranched alkanes of at least 4 members (excludes halogenated alkanes) is 1. The molecule has 0 aromatic rings. The third-order valence-corrected chi connectivity index (χ3v) is 0.866. The first-order valence-corrected chi connectivity index (χ1v) is 2.73. The van der Waals surface area contributed by atoms with Gasteiger partial charge in [-0.1, -0.05) is 13.3 Å². The predicted molar refractivity (Wildman–Crippen MR) is 44.0 cm³/mol. The lowest BCUT2D eigenvalue weighted by Crippen LogP contribution is -2.26. The fraction of sp³-hybridized carbons (Fsp3) is 1.00. The SMILES string of the molecule is CCCCC(O)(O)O.N.N.N. The van der Waals surface area contributed by atoms with Crippen LogP contribution in [0.5, 0.6) is 0 Å². The molecular weight excluding hydrogens is 150 g/mol. The van der Waals surface area contributed by atoms with Gasteiger partial charge in [-0.2, -0.15) is 0 Å². The normalized spacial score (nSPS) is 8.73. The summed E-state index contributed by atoms with van der Waals surface area (Å²) < 4.78 is 0. The lowest BCUT2D eigenvalue weighted by molar-refractivity contribution is -0.314. The van der Waals surface area contributed by atoms with Gasteiger partial charge >= 0.3 is 0 Å². The molecule has 0 aliphatic heterocycles. The van der Waals surface area contributed by atoms with E-state index in [-0.39, 0.29) is 24.9 Å². The van der Waals surface area contributed by atoms with Gasteiger partial charge in [-0.05, 0) is 6.42 Å². The van der Waals surface area contributed by atoms with E-state index >= 15 is 0 Å². The van der Waals surface area contributed by atoms with Gasteiger partial charge in [-0.3, -0.25) is 0 Å². The maximum atomic E-state index is 8.26. The molecule has 0 spiro atoms. The van der Waals surface area contributed by atoms with Crippen molar-refractivity contribution in [2.24, 2.45) is 0 Å². The van der Waals surface area contributed by atoms with E-state index in [1.165, 1.54) is 0 Å². The highest BCUT2D eigenvalue weighted by atomic mass is 16.7. The molecule has 0 aromatic heterocycles. The van der Waals surface area contributed by atoms with Crippen LogP contribution in [0.3, 0.4) is 0 Å². The van der Waals surface area contributed by atoms with Crippen molar-refractivity contribution in [3.8, 4) is 0 Å². The number of hydrogen-bond acceptors (Lipinski definition) is 6. The molecule has 12 N–H and O–H groups in total. The Bertz CT molecular complexity index is 64.5. The molecule has 6 heteroatoms. The van der Waals surface area contributed by atoms with Gasteiger partial charge in [-0.25, -0.2) is 0 Å². The zero-order valence-electron chi connectivity index (χ0n) is 7.08. The van der Waals surface area contributed by atoms with Crippen molar-refractivity contribution in [3.63, 3.8) is 0 Å². The van der Waals surface area contributed by atoms with Gasteiger partial charge in [0.05, 0.1) is 0 Å². The van der Waals surface area contributed by atoms with Crippen molar-refractivity contribution in [2.45, 2.75) is 32.2 Å². The number of aliphatic hydroxyl groups is 3. The van der Waals surface area contributed by atoms with Crippen molar-refractivity contribution in [1.82, 2.24) is 18.5 Å². The summed E-state index contributed by atoms with van der Waals surface area (Å²) in [7, 11) is 0. The van der Waals surface area contributed by atoms with Crippen molar-refractivity contribution >= 4 is 0 Å². The Kier molecular flexibility index (Phi) is 19.9. The Balaban J connectivity index is -0.0000000817. The summed E-state index contributed by atoms with van der Waals surface area (Å²) in [4.78, 5) is 0. The van der Waals surface area contributed by atoms with E-state index in [0.29, 0.717) is 6.42 Å². The fourth-order valence-corrected chi connectivity index (χ4v) is 0.414. The van der Waals surface area contributed by atoms with Crippen LogP contribution in [0.2, 0.25) is 0 Å². The molecule has 0 saturated carbocycles. The van der Waals surface area contributed by atoms with E-state index in [0.717, 1.165) is 6.42 Å².